The molecular formula is C26H26ClF3N2O. The number of nitrogens with one attached hydrogen (secondary N) is 1. The first-order valence-electron chi connectivity index (χ1n) is 11.0. The van der Waals surface area contributed by atoms with Gasteiger partial charge in [-0.1, -0.05) is 54.1 Å². The molecule has 1 heterocycles. The van der Waals surface area contributed by atoms with E-state index in [4.69, 9.17) is 16.3 Å². The molecule has 7 heteroatoms. The highest BCUT2D eigenvalue weighted by atomic mass is 35.5. The average molecular weight is 475 g/mol. The predicted molar refractivity (Wildman–Crippen MR) is 125 cm³/mol. The van der Waals surface area contributed by atoms with Gasteiger partial charge in [-0.3, -0.25) is 4.90 Å². The van der Waals surface area contributed by atoms with Gasteiger partial charge < -0.3 is 10.1 Å². The number of halogens is 4. The molecule has 1 saturated heterocycles. The van der Waals surface area contributed by atoms with Crippen LogP contribution in [0.4, 0.5) is 13.2 Å². The minimum absolute atomic E-state index is 0.328. The Bertz CT molecular complexity index is 1030. The molecule has 4 rings (SSSR count). The summed E-state index contributed by atoms with van der Waals surface area (Å²) in [4.78, 5) is 2.20. The van der Waals surface area contributed by atoms with Crippen LogP contribution < -0.4 is 10.1 Å². The van der Waals surface area contributed by atoms with Gasteiger partial charge in [0, 0.05) is 24.7 Å². The van der Waals surface area contributed by atoms with Crippen molar-refractivity contribution in [1.82, 2.24) is 10.2 Å². The lowest BCUT2D eigenvalue weighted by molar-refractivity contribution is -0.137. The Labute approximate surface area is 197 Å². The fourth-order valence-corrected chi connectivity index (χ4v) is 4.35. The van der Waals surface area contributed by atoms with E-state index in [1.165, 1.54) is 12.1 Å². The third-order valence-electron chi connectivity index (χ3n) is 5.80. The third-order valence-corrected chi connectivity index (χ3v) is 6.15. The molecule has 0 aliphatic carbocycles. The number of alkyl halides is 3. The molecule has 1 N–H and O–H groups in total. The Balaban J connectivity index is 1.64. The van der Waals surface area contributed by atoms with Crippen molar-refractivity contribution in [3.05, 3.63) is 100 Å². The minimum Gasteiger partial charge on any atom is -0.489 e. The average Bonchev–Trinajstić information content (AvgIpc) is 3.09. The van der Waals surface area contributed by atoms with Gasteiger partial charge in [-0.05, 0) is 60.0 Å². The molecule has 0 aromatic heterocycles. The van der Waals surface area contributed by atoms with Gasteiger partial charge in [0.2, 0.25) is 0 Å². The highest BCUT2D eigenvalue weighted by Gasteiger charge is 2.33. The zero-order valence-electron chi connectivity index (χ0n) is 18.1. The number of rotatable bonds is 6. The van der Waals surface area contributed by atoms with Gasteiger partial charge in [0.25, 0.3) is 0 Å². The zero-order chi connectivity index (χ0) is 23.3. The molecule has 0 amide bonds. The summed E-state index contributed by atoms with van der Waals surface area (Å²) in [7, 11) is 0. The van der Waals surface area contributed by atoms with Crippen molar-refractivity contribution in [3.63, 3.8) is 0 Å². The summed E-state index contributed by atoms with van der Waals surface area (Å²) in [5, 5.41) is 3.68. The van der Waals surface area contributed by atoms with Crippen LogP contribution >= 0.6 is 11.6 Å². The molecule has 0 spiro atoms. The molecule has 1 atom stereocenters. The van der Waals surface area contributed by atoms with E-state index in [-0.39, 0.29) is 6.04 Å². The second-order valence-corrected chi connectivity index (χ2v) is 8.53. The first kappa shape index (κ1) is 23.6. The second kappa shape index (κ2) is 10.6. The fraction of sp³-hybridized carbons (Fsp3) is 0.308. The molecule has 33 heavy (non-hydrogen) atoms. The van der Waals surface area contributed by atoms with E-state index in [1.807, 2.05) is 54.6 Å². The summed E-state index contributed by atoms with van der Waals surface area (Å²) in [5.41, 5.74) is 1.71. The van der Waals surface area contributed by atoms with Gasteiger partial charge in [-0.15, -0.1) is 0 Å². The number of ether oxygens (including phenoxy) is 1. The van der Waals surface area contributed by atoms with Crippen LogP contribution in [0, 0.1) is 0 Å². The van der Waals surface area contributed by atoms with E-state index in [9.17, 15) is 13.2 Å². The van der Waals surface area contributed by atoms with E-state index in [1.54, 1.807) is 0 Å². The fourth-order valence-electron chi connectivity index (χ4n) is 4.13. The monoisotopic (exact) mass is 474 g/mol. The summed E-state index contributed by atoms with van der Waals surface area (Å²) >= 11 is 6.47. The SMILES string of the molecule is FC(F)(F)c1ccc(Cl)c(C(c2ccc(OCc3ccccc3)cc2)N2CCCNCC2)c1. The largest absolute Gasteiger partial charge is 0.489 e. The van der Waals surface area contributed by atoms with Crippen molar-refractivity contribution in [2.75, 3.05) is 26.2 Å². The van der Waals surface area contributed by atoms with Crippen LogP contribution in [0.25, 0.3) is 0 Å². The lowest BCUT2D eigenvalue weighted by Crippen LogP contribution is -2.33. The van der Waals surface area contributed by atoms with Crippen LogP contribution in [0.1, 0.15) is 34.7 Å². The second-order valence-electron chi connectivity index (χ2n) is 8.12. The maximum absolute atomic E-state index is 13.5. The molecule has 0 bridgehead atoms. The van der Waals surface area contributed by atoms with E-state index < -0.39 is 11.7 Å². The minimum atomic E-state index is -4.43. The van der Waals surface area contributed by atoms with Gasteiger partial charge in [0.1, 0.15) is 12.4 Å². The van der Waals surface area contributed by atoms with Gasteiger partial charge in [-0.25, -0.2) is 0 Å². The van der Waals surface area contributed by atoms with Crippen LogP contribution in [-0.2, 0) is 12.8 Å². The third kappa shape index (κ3) is 6.08. The van der Waals surface area contributed by atoms with Crippen molar-refractivity contribution in [2.45, 2.75) is 25.2 Å². The van der Waals surface area contributed by atoms with Gasteiger partial charge in [0.05, 0.1) is 11.6 Å². The molecule has 1 unspecified atom stereocenters. The molecule has 174 valence electrons. The Kier molecular flexibility index (Phi) is 7.58. The molecule has 0 radical (unpaired) electrons. The smallest absolute Gasteiger partial charge is 0.416 e. The van der Waals surface area contributed by atoms with E-state index in [0.717, 1.165) is 43.2 Å². The van der Waals surface area contributed by atoms with Gasteiger partial charge in [0.15, 0.2) is 0 Å². The lowest BCUT2D eigenvalue weighted by Gasteiger charge is -2.32. The molecule has 1 aliphatic rings. The van der Waals surface area contributed by atoms with Gasteiger partial charge >= 0.3 is 6.18 Å². The van der Waals surface area contributed by atoms with Crippen LogP contribution in [0.5, 0.6) is 5.75 Å². The molecule has 3 nitrogen and oxygen atoms in total. The Morgan fingerprint density at radius 1 is 0.939 bits per heavy atom. The number of nitrogens with zero attached hydrogens (tertiary/aromatic N) is 1. The lowest BCUT2D eigenvalue weighted by atomic mass is 9.95. The zero-order valence-corrected chi connectivity index (χ0v) is 18.9. The van der Waals surface area contributed by atoms with Gasteiger partial charge in [-0.2, -0.15) is 13.2 Å². The predicted octanol–water partition coefficient (Wildman–Crippen LogP) is 6.32. The van der Waals surface area contributed by atoms with Crippen LogP contribution in [0.15, 0.2) is 72.8 Å². The van der Waals surface area contributed by atoms with Crippen LogP contribution in [0.2, 0.25) is 5.02 Å². The van der Waals surface area contributed by atoms with Crippen molar-refractivity contribution in [1.29, 1.82) is 0 Å². The molecule has 3 aromatic carbocycles. The number of benzene rings is 3. The molecular weight excluding hydrogens is 449 g/mol. The first-order valence-corrected chi connectivity index (χ1v) is 11.4. The number of hydrogen-bond donors (Lipinski definition) is 1. The Morgan fingerprint density at radius 3 is 2.42 bits per heavy atom. The van der Waals surface area contributed by atoms with Crippen molar-refractivity contribution in [3.8, 4) is 5.75 Å². The highest BCUT2D eigenvalue weighted by molar-refractivity contribution is 6.31. The standard InChI is InChI=1S/C26H26ClF3N2O/c27-24-12-9-21(26(28,29)30)17-23(24)25(32-15-4-13-31-14-16-32)20-7-10-22(11-8-20)33-18-19-5-2-1-3-6-19/h1-3,5-12,17,25,31H,4,13-16,18H2. The maximum Gasteiger partial charge on any atom is 0.416 e. The highest BCUT2D eigenvalue weighted by Crippen LogP contribution is 2.38. The summed E-state index contributed by atoms with van der Waals surface area (Å²) in [6, 6.07) is 20.6. The van der Waals surface area contributed by atoms with E-state index in [2.05, 4.69) is 10.2 Å². The first-order chi connectivity index (χ1) is 15.9. The topological polar surface area (TPSA) is 24.5 Å². The maximum atomic E-state index is 13.5. The molecule has 3 aromatic rings. The van der Waals surface area contributed by atoms with E-state index in [0.29, 0.717) is 29.5 Å². The summed E-state index contributed by atoms with van der Waals surface area (Å²) in [5.74, 6) is 0.703. The summed E-state index contributed by atoms with van der Waals surface area (Å²) in [6.07, 6.45) is -3.52. The van der Waals surface area contributed by atoms with Crippen LogP contribution in [-0.4, -0.2) is 31.1 Å². The van der Waals surface area contributed by atoms with Crippen molar-refractivity contribution >= 4 is 11.6 Å². The quantitative estimate of drug-likeness (QED) is 0.452. The number of hydrogen-bond acceptors (Lipinski definition) is 3. The Hall–Kier alpha value is -2.54. The molecule has 0 saturated carbocycles. The Morgan fingerprint density at radius 2 is 1.70 bits per heavy atom. The summed E-state index contributed by atoms with van der Waals surface area (Å²) < 4.78 is 46.3. The summed E-state index contributed by atoms with van der Waals surface area (Å²) in [6.45, 7) is 3.57. The molecule has 1 aliphatic heterocycles. The normalized spacial score (nSPS) is 16.2. The van der Waals surface area contributed by atoms with Crippen molar-refractivity contribution < 1.29 is 17.9 Å². The van der Waals surface area contributed by atoms with E-state index >= 15 is 0 Å². The van der Waals surface area contributed by atoms with Crippen LogP contribution in [0.3, 0.4) is 0 Å². The molecule has 1 fully saturated rings. The van der Waals surface area contributed by atoms with Crippen molar-refractivity contribution in [2.24, 2.45) is 0 Å².